The third-order valence-electron chi connectivity index (χ3n) is 6.46. The number of nitrogens with zero attached hydrogens (tertiary/aromatic N) is 2. The second-order valence-corrected chi connectivity index (χ2v) is 9.14. The standard InChI is InChI=1S/C24H29ClN4O2/c1-24(12-3-13-29(24)23(31)27-20-8-5-19(25)6-9-20)22(30)26-21-7-4-17-10-14-28(2)15-11-18(17)16-21/h4-9,16H,3,10-15H2,1-2H3,(H,26,30)(H,27,31). The summed E-state index contributed by atoms with van der Waals surface area (Å²) in [5.41, 5.74) is 3.18. The number of hydrogen-bond donors (Lipinski definition) is 2. The third kappa shape index (κ3) is 4.70. The van der Waals surface area contributed by atoms with Crippen LogP contribution in [0.5, 0.6) is 0 Å². The zero-order valence-electron chi connectivity index (χ0n) is 18.1. The minimum Gasteiger partial charge on any atom is -0.324 e. The fraction of sp³-hybridized carbons (Fsp3) is 0.417. The number of anilines is 2. The smallest absolute Gasteiger partial charge is 0.322 e. The van der Waals surface area contributed by atoms with Crippen LogP contribution in [0.25, 0.3) is 0 Å². The number of amides is 3. The molecule has 1 saturated heterocycles. The first-order valence-corrected chi connectivity index (χ1v) is 11.2. The van der Waals surface area contributed by atoms with Crippen molar-refractivity contribution in [3.8, 4) is 0 Å². The second kappa shape index (κ2) is 8.89. The summed E-state index contributed by atoms with van der Waals surface area (Å²) < 4.78 is 0. The molecule has 0 spiro atoms. The number of benzene rings is 2. The van der Waals surface area contributed by atoms with Crippen LogP contribution in [0.15, 0.2) is 42.5 Å². The highest BCUT2D eigenvalue weighted by molar-refractivity contribution is 6.30. The van der Waals surface area contributed by atoms with Gasteiger partial charge < -0.3 is 20.4 Å². The Balaban J connectivity index is 1.46. The monoisotopic (exact) mass is 440 g/mol. The summed E-state index contributed by atoms with van der Waals surface area (Å²) in [6, 6.07) is 12.9. The van der Waals surface area contributed by atoms with Crippen LogP contribution >= 0.6 is 11.6 Å². The van der Waals surface area contributed by atoms with E-state index in [0.29, 0.717) is 23.7 Å². The molecule has 0 radical (unpaired) electrons. The maximum absolute atomic E-state index is 13.3. The van der Waals surface area contributed by atoms with Gasteiger partial charge in [-0.15, -0.1) is 0 Å². The molecule has 164 valence electrons. The van der Waals surface area contributed by atoms with Crippen molar-refractivity contribution in [2.24, 2.45) is 0 Å². The number of rotatable bonds is 3. The van der Waals surface area contributed by atoms with Crippen molar-refractivity contribution in [3.63, 3.8) is 0 Å². The van der Waals surface area contributed by atoms with E-state index in [9.17, 15) is 9.59 Å². The van der Waals surface area contributed by atoms with E-state index in [-0.39, 0.29) is 11.9 Å². The normalized spacial score (nSPS) is 21.3. The number of likely N-dealkylation sites (tertiary alicyclic amines) is 1. The second-order valence-electron chi connectivity index (χ2n) is 8.71. The lowest BCUT2D eigenvalue weighted by atomic mass is 9.97. The Kier molecular flexibility index (Phi) is 6.21. The van der Waals surface area contributed by atoms with E-state index in [0.717, 1.165) is 38.0 Å². The summed E-state index contributed by atoms with van der Waals surface area (Å²) in [5.74, 6) is -0.151. The molecule has 7 heteroatoms. The summed E-state index contributed by atoms with van der Waals surface area (Å²) in [6.07, 6.45) is 3.41. The molecule has 4 rings (SSSR count). The van der Waals surface area contributed by atoms with Gasteiger partial charge in [0, 0.05) is 36.0 Å². The highest BCUT2D eigenvalue weighted by Gasteiger charge is 2.45. The van der Waals surface area contributed by atoms with E-state index in [1.165, 1.54) is 11.1 Å². The first-order valence-electron chi connectivity index (χ1n) is 10.8. The number of hydrogen-bond acceptors (Lipinski definition) is 3. The van der Waals surface area contributed by atoms with Crippen LogP contribution in [-0.4, -0.2) is 54.0 Å². The van der Waals surface area contributed by atoms with E-state index < -0.39 is 5.54 Å². The summed E-state index contributed by atoms with van der Waals surface area (Å²) in [5, 5.41) is 6.56. The minimum absolute atomic E-state index is 0.151. The van der Waals surface area contributed by atoms with Crippen LogP contribution in [0, 0.1) is 0 Å². The quantitative estimate of drug-likeness (QED) is 0.743. The average Bonchev–Trinajstić information content (AvgIpc) is 3.06. The molecule has 1 unspecified atom stereocenters. The molecule has 0 saturated carbocycles. The number of carbonyl (C=O) groups is 2. The molecule has 2 aromatic rings. The molecule has 0 aromatic heterocycles. The Labute approximate surface area is 188 Å². The summed E-state index contributed by atoms with van der Waals surface area (Å²) in [7, 11) is 2.14. The van der Waals surface area contributed by atoms with Gasteiger partial charge in [0.15, 0.2) is 0 Å². The predicted octanol–water partition coefficient (Wildman–Crippen LogP) is 4.40. The van der Waals surface area contributed by atoms with Gasteiger partial charge in [-0.3, -0.25) is 4.79 Å². The van der Waals surface area contributed by atoms with Crippen LogP contribution in [0.2, 0.25) is 5.02 Å². The van der Waals surface area contributed by atoms with Crippen LogP contribution in [0.3, 0.4) is 0 Å². The van der Waals surface area contributed by atoms with Gasteiger partial charge in [-0.1, -0.05) is 17.7 Å². The Morgan fingerprint density at radius 3 is 2.35 bits per heavy atom. The van der Waals surface area contributed by atoms with Crippen molar-refractivity contribution in [3.05, 3.63) is 58.6 Å². The Morgan fingerprint density at radius 1 is 0.935 bits per heavy atom. The van der Waals surface area contributed by atoms with Gasteiger partial charge in [0.1, 0.15) is 5.54 Å². The van der Waals surface area contributed by atoms with E-state index in [1.807, 2.05) is 13.0 Å². The number of nitrogens with one attached hydrogen (secondary N) is 2. The lowest BCUT2D eigenvalue weighted by molar-refractivity contribution is -0.124. The van der Waals surface area contributed by atoms with E-state index in [1.54, 1.807) is 29.2 Å². The van der Waals surface area contributed by atoms with E-state index in [2.05, 4.69) is 34.7 Å². The largest absolute Gasteiger partial charge is 0.324 e. The Hall–Kier alpha value is -2.57. The zero-order chi connectivity index (χ0) is 22.0. The van der Waals surface area contributed by atoms with Crippen molar-refractivity contribution >= 4 is 34.9 Å². The third-order valence-corrected chi connectivity index (χ3v) is 6.71. The number of likely N-dealkylation sites (N-methyl/N-ethyl adjacent to an activating group) is 1. The fourth-order valence-electron chi connectivity index (χ4n) is 4.43. The van der Waals surface area contributed by atoms with Gasteiger partial charge >= 0.3 is 6.03 Å². The highest BCUT2D eigenvalue weighted by atomic mass is 35.5. The summed E-state index contributed by atoms with van der Waals surface area (Å²) in [6.45, 7) is 4.45. The van der Waals surface area contributed by atoms with Crippen molar-refractivity contribution in [2.45, 2.75) is 38.1 Å². The maximum Gasteiger partial charge on any atom is 0.322 e. The molecule has 3 amide bonds. The molecular formula is C24H29ClN4O2. The highest BCUT2D eigenvalue weighted by Crippen LogP contribution is 2.32. The Morgan fingerprint density at radius 2 is 1.61 bits per heavy atom. The molecule has 6 nitrogen and oxygen atoms in total. The summed E-state index contributed by atoms with van der Waals surface area (Å²) >= 11 is 5.92. The van der Waals surface area contributed by atoms with E-state index in [4.69, 9.17) is 11.6 Å². The van der Waals surface area contributed by atoms with Crippen LogP contribution in [-0.2, 0) is 17.6 Å². The molecule has 2 aromatic carbocycles. The van der Waals surface area contributed by atoms with Crippen LogP contribution in [0.4, 0.5) is 16.2 Å². The maximum atomic E-state index is 13.3. The zero-order valence-corrected chi connectivity index (χ0v) is 18.8. The average molecular weight is 441 g/mol. The van der Waals surface area contributed by atoms with E-state index >= 15 is 0 Å². The van der Waals surface area contributed by atoms with Gasteiger partial charge in [-0.05, 0) is 87.2 Å². The molecular weight excluding hydrogens is 412 g/mol. The molecule has 31 heavy (non-hydrogen) atoms. The van der Waals surface area contributed by atoms with Gasteiger partial charge in [0.25, 0.3) is 0 Å². The molecule has 0 bridgehead atoms. The van der Waals surface area contributed by atoms with Gasteiger partial charge in [-0.2, -0.15) is 0 Å². The molecule has 1 atom stereocenters. The van der Waals surface area contributed by atoms with Crippen molar-refractivity contribution < 1.29 is 9.59 Å². The first kappa shape index (κ1) is 21.7. The van der Waals surface area contributed by atoms with Gasteiger partial charge in [0.05, 0.1) is 0 Å². The number of fused-ring (bicyclic) bond motifs is 1. The Bertz CT molecular complexity index is 978. The fourth-order valence-corrected chi connectivity index (χ4v) is 4.56. The van der Waals surface area contributed by atoms with Crippen molar-refractivity contribution in [1.29, 1.82) is 0 Å². The molecule has 2 aliphatic rings. The number of halogens is 1. The molecule has 1 fully saturated rings. The molecule has 2 N–H and O–H groups in total. The van der Waals surface area contributed by atoms with Crippen LogP contribution in [0.1, 0.15) is 30.9 Å². The van der Waals surface area contributed by atoms with Gasteiger partial charge in [0.2, 0.25) is 5.91 Å². The van der Waals surface area contributed by atoms with Gasteiger partial charge in [-0.25, -0.2) is 4.79 Å². The molecule has 0 aliphatic carbocycles. The molecule has 2 heterocycles. The topological polar surface area (TPSA) is 64.7 Å². The minimum atomic E-state index is -0.899. The molecule has 2 aliphatic heterocycles. The number of carbonyl (C=O) groups excluding carboxylic acids is 2. The summed E-state index contributed by atoms with van der Waals surface area (Å²) in [4.78, 5) is 30.2. The lowest BCUT2D eigenvalue weighted by Crippen LogP contribution is -2.54. The predicted molar refractivity (Wildman–Crippen MR) is 125 cm³/mol. The SMILES string of the molecule is CN1CCc2ccc(NC(=O)C3(C)CCCN3C(=O)Nc3ccc(Cl)cc3)cc2CC1. The number of urea groups is 1. The van der Waals surface area contributed by atoms with Crippen molar-refractivity contribution in [2.75, 3.05) is 37.3 Å². The van der Waals surface area contributed by atoms with Crippen molar-refractivity contribution in [1.82, 2.24) is 9.80 Å². The lowest BCUT2D eigenvalue weighted by Gasteiger charge is -2.34. The first-order chi connectivity index (χ1) is 14.8. The van der Waals surface area contributed by atoms with Crippen LogP contribution < -0.4 is 10.6 Å².